The number of halogens is 1. The Bertz CT molecular complexity index is 452. The topological polar surface area (TPSA) is 43.6 Å². The third-order valence-corrected chi connectivity index (χ3v) is 2.70. The molecule has 0 aliphatic heterocycles. The summed E-state index contributed by atoms with van der Waals surface area (Å²) < 4.78 is 1.93. The summed E-state index contributed by atoms with van der Waals surface area (Å²) in [6.07, 6.45) is 3.47. The Morgan fingerprint density at radius 2 is 2.19 bits per heavy atom. The molecule has 0 saturated carbocycles. The van der Waals surface area contributed by atoms with Crippen molar-refractivity contribution >= 4 is 11.6 Å². The third kappa shape index (κ3) is 2.39. The first kappa shape index (κ1) is 11.1. The smallest absolute Gasteiger partial charge is 0.225 e. The molecule has 0 amide bonds. The Morgan fingerprint density at radius 3 is 2.88 bits per heavy atom. The molecule has 0 saturated heterocycles. The molecule has 0 bridgehead atoms. The molecule has 2 heterocycles. The van der Waals surface area contributed by atoms with Gasteiger partial charge >= 0.3 is 0 Å². The fraction of sp³-hybridized carbons (Fsp3) is 0.364. The monoisotopic (exact) mass is 236 g/mol. The average molecular weight is 237 g/mol. The Balaban J connectivity index is 2.07. The maximum absolute atomic E-state index is 5.96. The number of hydrogen-bond acceptors (Lipinski definition) is 3. The second-order valence-electron chi connectivity index (χ2n) is 3.46. The van der Waals surface area contributed by atoms with Gasteiger partial charge in [0, 0.05) is 31.3 Å². The molecule has 2 rings (SSSR count). The van der Waals surface area contributed by atoms with E-state index in [2.05, 4.69) is 15.2 Å². The van der Waals surface area contributed by atoms with Gasteiger partial charge in [0.05, 0.1) is 0 Å². The van der Waals surface area contributed by atoms with Crippen LogP contribution in [0.5, 0.6) is 0 Å². The zero-order valence-corrected chi connectivity index (χ0v) is 9.85. The first-order valence-corrected chi connectivity index (χ1v) is 5.66. The molecule has 84 valence electrons. The predicted molar refractivity (Wildman–Crippen MR) is 62.4 cm³/mol. The SMILES string of the molecule is CCc1nnc(Cl)n1CCc1ccccn1. The van der Waals surface area contributed by atoms with Crippen molar-refractivity contribution in [2.45, 2.75) is 26.3 Å². The molecular formula is C11H13ClN4. The molecule has 16 heavy (non-hydrogen) atoms. The minimum atomic E-state index is 0.452. The summed E-state index contributed by atoms with van der Waals surface area (Å²) in [7, 11) is 0. The van der Waals surface area contributed by atoms with Gasteiger partial charge in [0.2, 0.25) is 5.28 Å². The van der Waals surface area contributed by atoms with Crippen molar-refractivity contribution in [3.63, 3.8) is 0 Å². The van der Waals surface area contributed by atoms with E-state index in [1.807, 2.05) is 29.7 Å². The highest BCUT2D eigenvalue weighted by atomic mass is 35.5. The average Bonchev–Trinajstić information content (AvgIpc) is 2.69. The van der Waals surface area contributed by atoms with E-state index >= 15 is 0 Å². The summed E-state index contributed by atoms with van der Waals surface area (Å²) in [4.78, 5) is 4.27. The zero-order chi connectivity index (χ0) is 11.4. The van der Waals surface area contributed by atoms with E-state index in [4.69, 9.17) is 11.6 Å². The minimum absolute atomic E-state index is 0.452. The van der Waals surface area contributed by atoms with Gasteiger partial charge in [-0.2, -0.15) is 0 Å². The van der Waals surface area contributed by atoms with Gasteiger partial charge < -0.3 is 4.57 Å². The Hall–Kier alpha value is -1.42. The van der Waals surface area contributed by atoms with Crippen LogP contribution in [0, 0.1) is 0 Å². The van der Waals surface area contributed by atoms with E-state index in [0.717, 1.165) is 30.9 Å². The lowest BCUT2D eigenvalue weighted by Gasteiger charge is -2.05. The normalized spacial score (nSPS) is 10.6. The lowest BCUT2D eigenvalue weighted by atomic mass is 10.2. The molecule has 0 radical (unpaired) electrons. The summed E-state index contributed by atoms with van der Waals surface area (Å²) >= 11 is 5.96. The van der Waals surface area contributed by atoms with E-state index < -0.39 is 0 Å². The fourth-order valence-corrected chi connectivity index (χ4v) is 1.79. The van der Waals surface area contributed by atoms with Crippen LogP contribution in [-0.2, 0) is 19.4 Å². The summed E-state index contributed by atoms with van der Waals surface area (Å²) in [5.74, 6) is 0.918. The van der Waals surface area contributed by atoms with Gasteiger partial charge in [0.1, 0.15) is 5.82 Å². The van der Waals surface area contributed by atoms with E-state index in [1.54, 1.807) is 6.20 Å². The second kappa shape index (κ2) is 5.07. The maximum atomic E-state index is 5.96. The molecule has 0 aliphatic carbocycles. The molecule has 0 N–H and O–H groups in total. The van der Waals surface area contributed by atoms with Gasteiger partial charge in [-0.3, -0.25) is 4.98 Å². The predicted octanol–water partition coefficient (Wildman–Crippen LogP) is 2.13. The minimum Gasteiger partial charge on any atom is -0.301 e. The van der Waals surface area contributed by atoms with Crippen LogP contribution in [0.4, 0.5) is 0 Å². The summed E-state index contributed by atoms with van der Waals surface area (Å²) in [6, 6.07) is 5.90. The third-order valence-electron chi connectivity index (χ3n) is 2.42. The van der Waals surface area contributed by atoms with Crippen LogP contribution < -0.4 is 0 Å². The van der Waals surface area contributed by atoms with Gasteiger partial charge in [0.25, 0.3) is 0 Å². The Kier molecular flexibility index (Phi) is 3.51. The van der Waals surface area contributed by atoms with E-state index in [-0.39, 0.29) is 0 Å². The molecule has 4 nitrogen and oxygen atoms in total. The summed E-state index contributed by atoms with van der Waals surface area (Å²) in [5, 5.41) is 8.32. The van der Waals surface area contributed by atoms with Crippen LogP contribution in [0.3, 0.4) is 0 Å². The van der Waals surface area contributed by atoms with Gasteiger partial charge in [-0.25, -0.2) is 0 Å². The van der Waals surface area contributed by atoms with Gasteiger partial charge in [0.15, 0.2) is 0 Å². The van der Waals surface area contributed by atoms with Crippen LogP contribution in [-0.4, -0.2) is 19.7 Å². The van der Waals surface area contributed by atoms with Crippen molar-refractivity contribution in [2.75, 3.05) is 0 Å². The second-order valence-corrected chi connectivity index (χ2v) is 3.80. The van der Waals surface area contributed by atoms with Crippen LogP contribution in [0.15, 0.2) is 24.4 Å². The summed E-state index contributed by atoms with van der Waals surface area (Å²) in [6.45, 7) is 2.81. The van der Waals surface area contributed by atoms with Crippen molar-refractivity contribution in [1.82, 2.24) is 19.7 Å². The van der Waals surface area contributed by atoms with Crippen molar-refractivity contribution in [3.8, 4) is 0 Å². The molecular weight excluding hydrogens is 224 g/mol. The Labute approximate surface area is 99.3 Å². The summed E-state index contributed by atoms with van der Waals surface area (Å²) in [5.41, 5.74) is 1.05. The largest absolute Gasteiger partial charge is 0.301 e. The molecule has 2 aromatic heterocycles. The fourth-order valence-electron chi connectivity index (χ4n) is 1.57. The molecule has 0 atom stereocenters. The van der Waals surface area contributed by atoms with Crippen LogP contribution in [0.1, 0.15) is 18.4 Å². The van der Waals surface area contributed by atoms with E-state index in [0.29, 0.717) is 5.28 Å². The van der Waals surface area contributed by atoms with Crippen LogP contribution >= 0.6 is 11.6 Å². The molecule has 2 aromatic rings. The number of nitrogens with zero attached hydrogens (tertiary/aromatic N) is 4. The molecule has 0 unspecified atom stereocenters. The first-order valence-electron chi connectivity index (χ1n) is 5.28. The molecule has 5 heteroatoms. The number of rotatable bonds is 4. The highest BCUT2D eigenvalue weighted by Gasteiger charge is 2.08. The van der Waals surface area contributed by atoms with E-state index in [1.165, 1.54) is 0 Å². The highest BCUT2D eigenvalue weighted by molar-refractivity contribution is 6.28. The van der Waals surface area contributed by atoms with Gasteiger partial charge in [-0.05, 0) is 23.7 Å². The first-order chi connectivity index (χ1) is 7.81. The number of pyridine rings is 1. The lowest BCUT2D eigenvalue weighted by Crippen LogP contribution is -2.06. The number of aryl methyl sites for hydroxylation is 2. The number of aromatic nitrogens is 4. The van der Waals surface area contributed by atoms with Crippen molar-refractivity contribution in [2.24, 2.45) is 0 Å². The molecule has 0 fully saturated rings. The zero-order valence-electron chi connectivity index (χ0n) is 9.10. The Morgan fingerprint density at radius 1 is 1.31 bits per heavy atom. The number of hydrogen-bond donors (Lipinski definition) is 0. The highest BCUT2D eigenvalue weighted by Crippen LogP contribution is 2.10. The van der Waals surface area contributed by atoms with Gasteiger partial charge in [-0.15, -0.1) is 10.2 Å². The standard InChI is InChI=1S/C11H13ClN4/c1-2-10-14-15-11(12)16(10)8-6-9-5-3-4-7-13-9/h3-5,7H,2,6,8H2,1H3. The van der Waals surface area contributed by atoms with Crippen LogP contribution in [0.25, 0.3) is 0 Å². The van der Waals surface area contributed by atoms with Gasteiger partial charge in [-0.1, -0.05) is 13.0 Å². The van der Waals surface area contributed by atoms with Crippen molar-refractivity contribution in [3.05, 3.63) is 41.2 Å². The van der Waals surface area contributed by atoms with E-state index in [9.17, 15) is 0 Å². The molecule has 0 spiro atoms. The van der Waals surface area contributed by atoms with Crippen molar-refractivity contribution < 1.29 is 0 Å². The van der Waals surface area contributed by atoms with Crippen LogP contribution in [0.2, 0.25) is 5.28 Å². The molecule has 0 aromatic carbocycles. The maximum Gasteiger partial charge on any atom is 0.225 e. The lowest BCUT2D eigenvalue weighted by molar-refractivity contribution is 0.649. The quantitative estimate of drug-likeness (QED) is 0.817. The van der Waals surface area contributed by atoms with Crippen molar-refractivity contribution in [1.29, 1.82) is 0 Å². The molecule has 0 aliphatic rings.